The number of carbonyl (C=O) groups is 2. The molecule has 2 amide bonds. The highest BCUT2D eigenvalue weighted by molar-refractivity contribution is 5.94. The van der Waals surface area contributed by atoms with Crippen molar-refractivity contribution in [1.82, 2.24) is 15.2 Å². The maximum absolute atomic E-state index is 14.2. The number of rotatable bonds is 5. The second-order valence-electron chi connectivity index (χ2n) is 6.62. The van der Waals surface area contributed by atoms with E-state index in [2.05, 4.69) is 10.3 Å². The van der Waals surface area contributed by atoms with Crippen LogP contribution in [0.15, 0.2) is 36.4 Å². The summed E-state index contributed by atoms with van der Waals surface area (Å²) in [5.74, 6) is -0.316. The fourth-order valence-electron chi connectivity index (χ4n) is 3.21. The summed E-state index contributed by atoms with van der Waals surface area (Å²) in [4.78, 5) is 28.5. The molecule has 1 aromatic heterocycles. The van der Waals surface area contributed by atoms with Crippen LogP contribution in [-0.2, 0) is 6.61 Å². The minimum atomic E-state index is -0.895. The van der Waals surface area contributed by atoms with Gasteiger partial charge < -0.3 is 20.1 Å². The lowest BCUT2D eigenvalue weighted by atomic mass is 9.93. The summed E-state index contributed by atoms with van der Waals surface area (Å²) in [6, 6.07) is 9.66. The van der Waals surface area contributed by atoms with Crippen LogP contribution in [0.5, 0.6) is 5.88 Å². The number of halogens is 1. The van der Waals surface area contributed by atoms with Crippen LogP contribution in [0.4, 0.5) is 9.18 Å². The zero-order chi connectivity index (χ0) is 20.1. The molecule has 0 bridgehead atoms. The SMILES string of the molecule is CNC(=O)c1ccc(COc2cccc(C3CCN(C(=O)O)CC3)n2)c(F)c1. The molecule has 28 heavy (non-hydrogen) atoms. The van der Waals surface area contributed by atoms with Crippen molar-refractivity contribution in [3.63, 3.8) is 0 Å². The Hall–Kier alpha value is -3.16. The molecule has 2 heterocycles. The molecule has 3 rings (SSSR count). The molecular weight excluding hydrogens is 365 g/mol. The summed E-state index contributed by atoms with van der Waals surface area (Å²) < 4.78 is 19.8. The summed E-state index contributed by atoms with van der Waals surface area (Å²) in [6.07, 6.45) is 0.518. The minimum Gasteiger partial charge on any atom is -0.473 e. The van der Waals surface area contributed by atoms with E-state index in [1.54, 1.807) is 12.1 Å². The van der Waals surface area contributed by atoms with Crippen LogP contribution >= 0.6 is 0 Å². The van der Waals surface area contributed by atoms with Crippen LogP contribution in [0.1, 0.15) is 40.4 Å². The van der Waals surface area contributed by atoms with Gasteiger partial charge in [-0.1, -0.05) is 12.1 Å². The van der Waals surface area contributed by atoms with E-state index < -0.39 is 11.9 Å². The fraction of sp³-hybridized carbons (Fsp3) is 0.350. The molecule has 7 nitrogen and oxygen atoms in total. The van der Waals surface area contributed by atoms with E-state index in [9.17, 15) is 14.0 Å². The molecule has 2 aromatic rings. The van der Waals surface area contributed by atoms with Crippen LogP contribution in [0, 0.1) is 5.82 Å². The predicted octanol–water partition coefficient (Wildman–Crippen LogP) is 3.02. The zero-order valence-corrected chi connectivity index (χ0v) is 15.5. The van der Waals surface area contributed by atoms with Crippen molar-refractivity contribution >= 4 is 12.0 Å². The molecule has 0 radical (unpaired) electrons. The Kier molecular flexibility index (Phi) is 6.08. The molecule has 1 aliphatic rings. The van der Waals surface area contributed by atoms with Crippen LogP contribution in [0.3, 0.4) is 0 Å². The Bertz CT molecular complexity index is 866. The number of likely N-dealkylation sites (tertiary alicyclic amines) is 1. The number of aromatic nitrogens is 1. The van der Waals surface area contributed by atoms with Crippen molar-refractivity contribution < 1.29 is 23.8 Å². The largest absolute Gasteiger partial charge is 0.473 e. The monoisotopic (exact) mass is 387 g/mol. The second-order valence-corrected chi connectivity index (χ2v) is 6.62. The molecule has 0 saturated carbocycles. The number of carboxylic acid groups (broad SMARTS) is 1. The molecule has 148 valence electrons. The zero-order valence-electron chi connectivity index (χ0n) is 15.5. The number of hydrogen-bond acceptors (Lipinski definition) is 4. The van der Waals surface area contributed by atoms with E-state index in [0.29, 0.717) is 37.4 Å². The topological polar surface area (TPSA) is 91.8 Å². The van der Waals surface area contributed by atoms with E-state index in [1.165, 1.54) is 24.1 Å². The van der Waals surface area contributed by atoms with Gasteiger partial charge in [0.1, 0.15) is 12.4 Å². The third-order valence-electron chi connectivity index (χ3n) is 4.85. The molecule has 2 N–H and O–H groups in total. The van der Waals surface area contributed by atoms with Gasteiger partial charge in [0.2, 0.25) is 5.88 Å². The van der Waals surface area contributed by atoms with E-state index in [0.717, 1.165) is 5.69 Å². The van der Waals surface area contributed by atoms with Gasteiger partial charge in [-0.2, -0.15) is 0 Å². The first-order valence-electron chi connectivity index (χ1n) is 9.06. The lowest BCUT2D eigenvalue weighted by molar-refractivity contribution is 0.0962. The Morgan fingerprint density at radius 1 is 1.29 bits per heavy atom. The second kappa shape index (κ2) is 8.69. The maximum atomic E-state index is 14.2. The van der Waals surface area contributed by atoms with Crippen LogP contribution < -0.4 is 10.1 Å². The number of piperidine rings is 1. The first kappa shape index (κ1) is 19.6. The van der Waals surface area contributed by atoms with Crippen molar-refractivity contribution in [1.29, 1.82) is 0 Å². The average Bonchev–Trinajstić information content (AvgIpc) is 2.72. The van der Waals surface area contributed by atoms with Crippen LogP contribution in [0.25, 0.3) is 0 Å². The van der Waals surface area contributed by atoms with E-state index in [4.69, 9.17) is 9.84 Å². The van der Waals surface area contributed by atoms with Crippen molar-refractivity contribution in [3.05, 3.63) is 59.0 Å². The van der Waals surface area contributed by atoms with Crippen molar-refractivity contribution in [2.24, 2.45) is 0 Å². The summed E-state index contributed by atoms with van der Waals surface area (Å²) in [5.41, 5.74) is 1.42. The maximum Gasteiger partial charge on any atom is 0.407 e. The van der Waals surface area contributed by atoms with Gasteiger partial charge in [-0.05, 0) is 31.0 Å². The van der Waals surface area contributed by atoms with Gasteiger partial charge in [0.05, 0.1) is 0 Å². The summed E-state index contributed by atoms with van der Waals surface area (Å²) in [6.45, 7) is 0.957. The third kappa shape index (κ3) is 4.57. The standard InChI is InChI=1S/C20H22FN3O4/c1-22-19(25)14-5-6-15(16(21)11-14)12-28-18-4-2-3-17(23-18)13-7-9-24(10-8-13)20(26)27/h2-6,11,13H,7-10,12H2,1H3,(H,22,25)(H,26,27). The van der Waals surface area contributed by atoms with Gasteiger partial charge in [0.25, 0.3) is 5.91 Å². The lowest BCUT2D eigenvalue weighted by Gasteiger charge is -2.29. The molecule has 8 heteroatoms. The normalized spacial score (nSPS) is 14.6. The molecule has 1 saturated heterocycles. The molecular formula is C20H22FN3O4. The molecule has 0 unspecified atom stereocenters. The highest BCUT2D eigenvalue weighted by atomic mass is 19.1. The van der Waals surface area contributed by atoms with Crippen molar-refractivity contribution in [2.45, 2.75) is 25.4 Å². The van der Waals surface area contributed by atoms with Gasteiger partial charge in [-0.3, -0.25) is 4.79 Å². The first-order chi connectivity index (χ1) is 13.5. The molecule has 0 atom stereocenters. The fourth-order valence-corrected chi connectivity index (χ4v) is 3.21. The number of benzene rings is 1. The number of ether oxygens (including phenoxy) is 1. The molecule has 1 aromatic carbocycles. The smallest absolute Gasteiger partial charge is 0.407 e. The molecule has 1 aliphatic heterocycles. The number of pyridine rings is 1. The molecule has 0 spiro atoms. The van der Waals surface area contributed by atoms with E-state index in [-0.39, 0.29) is 24.0 Å². The van der Waals surface area contributed by atoms with Gasteiger partial charge in [-0.15, -0.1) is 0 Å². The van der Waals surface area contributed by atoms with Crippen molar-refractivity contribution in [3.8, 4) is 5.88 Å². The van der Waals surface area contributed by atoms with E-state index in [1.807, 2.05) is 12.1 Å². The van der Waals surface area contributed by atoms with Crippen molar-refractivity contribution in [2.75, 3.05) is 20.1 Å². The number of nitrogens with one attached hydrogen (secondary N) is 1. The number of carbonyl (C=O) groups excluding carboxylic acids is 1. The Labute approximate surface area is 162 Å². The summed E-state index contributed by atoms with van der Waals surface area (Å²) in [7, 11) is 1.49. The lowest BCUT2D eigenvalue weighted by Crippen LogP contribution is -2.36. The highest BCUT2D eigenvalue weighted by Crippen LogP contribution is 2.28. The van der Waals surface area contributed by atoms with Gasteiger partial charge in [-0.25, -0.2) is 14.2 Å². The van der Waals surface area contributed by atoms with Crippen LogP contribution in [-0.4, -0.2) is 47.1 Å². The quantitative estimate of drug-likeness (QED) is 0.823. The average molecular weight is 387 g/mol. The van der Waals surface area contributed by atoms with Gasteiger partial charge >= 0.3 is 6.09 Å². The number of nitrogens with zero attached hydrogens (tertiary/aromatic N) is 2. The van der Waals surface area contributed by atoms with Crippen LogP contribution in [0.2, 0.25) is 0 Å². The summed E-state index contributed by atoms with van der Waals surface area (Å²) in [5, 5.41) is 11.5. The Morgan fingerprint density at radius 3 is 2.68 bits per heavy atom. The predicted molar refractivity (Wildman–Crippen MR) is 99.9 cm³/mol. The van der Waals surface area contributed by atoms with Gasteiger partial charge in [0.15, 0.2) is 0 Å². The number of hydrogen-bond donors (Lipinski definition) is 2. The first-order valence-corrected chi connectivity index (χ1v) is 9.06. The summed E-state index contributed by atoms with van der Waals surface area (Å²) >= 11 is 0. The Morgan fingerprint density at radius 2 is 2.04 bits per heavy atom. The highest BCUT2D eigenvalue weighted by Gasteiger charge is 2.24. The van der Waals surface area contributed by atoms with Gasteiger partial charge in [0, 0.05) is 48.9 Å². The molecule has 1 fully saturated rings. The molecule has 0 aliphatic carbocycles. The Balaban J connectivity index is 1.62. The van der Waals surface area contributed by atoms with E-state index >= 15 is 0 Å². The number of amides is 2. The minimum absolute atomic E-state index is 0.00618. The third-order valence-corrected chi connectivity index (χ3v) is 4.85.